The Kier molecular flexibility index (Phi) is 4.71. The van der Waals surface area contributed by atoms with Gasteiger partial charge in [-0.05, 0) is 41.8 Å². The van der Waals surface area contributed by atoms with E-state index in [1.165, 1.54) is 5.56 Å². The van der Waals surface area contributed by atoms with E-state index in [1.54, 1.807) is 14.2 Å². The van der Waals surface area contributed by atoms with E-state index in [0.717, 1.165) is 28.8 Å². The molecule has 6 nitrogen and oxygen atoms in total. The van der Waals surface area contributed by atoms with Crippen molar-refractivity contribution in [1.82, 2.24) is 9.88 Å². The Morgan fingerprint density at radius 3 is 2.63 bits per heavy atom. The van der Waals surface area contributed by atoms with Crippen LogP contribution in [0.1, 0.15) is 23.4 Å². The minimum atomic E-state index is 0.109. The fourth-order valence-corrected chi connectivity index (χ4v) is 3.49. The number of nitrogens with zero attached hydrogens (tertiary/aromatic N) is 2. The van der Waals surface area contributed by atoms with Crippen molar-refractivity contribution in [3.8, 4) is 11.5 Å². The topological polar surface area (TPSA) is 64.8 Å². The molecule has 1 aliphatic rings. The van der Waals surface area contributed by atoms with Crippen LogP contribution in [0.5, 0.6) is 11.5 Å². The van der Waals surface area contributed by atoms with E-state index in [4.69, 9.17) is 13.9 Å². The largest absolute Gasteiger partial charge is 0.493 e. The van der Waals surface area contributed by atoms with Crippen molar-refractivity contribution in [1.29, 1.82) is 0 Å². The second-order valence-corrected chi connectivity index (χ2v) is 6.62. The van der Waals surface area contributed by atoms with Gasteiger partial charge in [-0.25, -0.2) is 4.98 Å². The summed E-state index contributed by atoms with van der Waals surface area (Å²) in [4.78, 5) is 19.0. The number of ether oxygens (including phenoxy) is 2. The van der Waals surface area contributed by atoms with E-state index < -0.39 is 0 Å². The predicted molar refractivity (Wildman–Crippen MR) is 101 cm³/mol. The lowest BCUT2D eigenvalue weighted by Gasteiger charge is -2.29. The highest BCUT2D eigenvalue weighted by Crippen LogP contribution is 2.33. The molecule has 0 unspecified atom stereocenters. The third-order valence-electron chi connectivity index (χ3n) is 4.96. The van der Waals surface area contributed by atoms with E-state index in [1.807, 2.05) is 41.3 Å². The summed E-state index contributed by atoms with van der Waals surface area (Å²) in [6.07, 6.45) is 1.70. The number of methoxy groups -OCH3 is 2. The molecule has 0 atom stereocenters. The lowest BCUT2D eigenvalue weighted by Crippen LogP contribution is -2.36. The maximum atomic E-state index is 12.7. The molecule has 0 N–H and O–H groups in total. The van der Waals surface area contributed by atoms with Crippen LogP contribution in [-0.4, -0.2) is 36.6 Å². The summed E-state index contributed by atoms with van der Waals surface area (Å²) in [6.45, 7) is 1.29. The van der Waals surface area contributed by atoms with E-state index in [2.05, 4.69) is 4.98 Å². The zero-order chi connectivity index (χ0) is 18.8. The third-order valence-corrected chi connectivity index (χ3v) is 4.96. The second-order valence-electron chi connectivity index (χ2n) is 6.62. The maximum absolute atomic E-state index is 12.7. The number of amides is 1. The highest BCUT2D eigenvalue weighted by atomic mass is 16.5. The minimum Gasteiger partial charge on any atom is -0.493 e. The number of oxazole rings is 1. The van der Waals surface area contributed by atoms with Crippen LogP contribution in [0.25, 0.3) is 11.1 Å². The van der Waals surface area contributed by atoms with Crippen molar-refractivity contribution in [2.24, 2.45) is 0 Å². The van der Waals surface area contributed by atoms with Gasteiger partial charge in [-0.15, -0.1) is 0 Å². The molecule has 0 aliphatic carbocycles. The molecule has 6 heteroatoms. The van der Waals surface area contributed by atoms with Crippen molar-refractivity contribution in [2.75, 3.05) is 20.8 Å². The van der Waals surface area contributed by atoms with Crippen LogP contribution in [0.15, 0.2) is 40.8 Å². The fourth-order valence-electron chi connectivity index (χ4n) is 3.49. The van der Waals surface area contributed by atoms with Crippen LogP contribution in [-0.2, 0) is 24.2 Å². The summed E-state index contributed by atoms with van der Waals surface area (Å²) in [5.41, 5.74) is 3.89. The van der Waals surface area contributed by atoms with Crippen molar-refractivity contribution >= 4 is 17.0 Å². The molecular weight excluding hydrogens is 344 g/mol. The molecule has 27 heavy (non-hydrogen) atoms. The Morgan fingerprint density at radius 2 is 1.89 bits per heavy atom. The molecule has 4 rings (SSSR count). The number of benzene rings is 2. The van der Waals surface area contributed by atoms with E-state index in [0.29, 0.717) is 37.6 Å². The van der Waals surface area contributed by atoms with Crippen LogP contribution in [0, 0.1) is 0 Å². The second kappa shape index (κ2) is 7.31. The lowest BCUT2D eigenvalue weighted by molar-refractivity contribution is -0.132. The molecule has 2 heterocycles. The van der Waals surface area contributed by atoms with Gasteiger partial charge in [0.25, 0.3) is 0 Å². The molecule has 3 aromatic rings. The highest BCUT2D eigenvalue weighted by molar-refractivity contribution is 5.77. The number of fused-ring (bicyclic) bond motifs is 2. The zero-order valence-corrected chi connectivity index (χ0v) is 15.5. The van der Waals surface area contributed by atoms with Gasteiger partial charge in [0.2, 0.25) is 5.91 Å². The normalized spacial score (nSPS) is 13.5. The Bertz CT molecular complexity index is 946. The quantitative estimate of drug-likeness (QED) is 0.693. The Hall–Kier alpha value is -3.02. The first-order chi connectivity index (χ1) is 13.2. The van der Waals surface area contributed by atoms with Gasteiger partial charge < -0.3 is 18.8 Å². The SMILES string of the molecule is COc1cc2c(cc1OC)CN(C(=O)CCc1nc3ccccc3o1)CC2. The van der Waals surface area contributed by atoms with E-state index >= 15 is 0 Å². The van der Waals surface area contributed by atoms with Crippen LogP contribution >= 0.6 is 0 Å². The fraction of sp³-hybridized carbons (Fsp3) is 0.333. The minimum absolute atomic E-state index is 0.109. The van der Waals surface area contributed by atoms with Gasteiger partial charge in [-0.3, -0.25) is 4.79 Å². The molecule has 0 fully saturated rings. The smallest absolute Gasteiger partial charge is 0.223 e. The average Bonchev–Trinajstić information content (AvgIpc) is 3.13. The maximum Gasteiger partial charge on any atom is 0.223 e. The van der Waals surface area contributed by atoms with Gasteiger partial charge in [-0.1, -0.05) is 12.1 Å². The van der Waals surface area contributed by atoms with Gasteiger partial charge in [0, 0.05) is 25.9 Å². The highest BCUT2D eigenvalue weighted by Gasteiger charge is 2.23. The lowest BCUT2D eigenvalue weighted by atomic mass is 9.98. The number of carbonyl (C=O) groups excluding carboxylic acids is 1. The molecule has 0 bridgehead atoms. The average molecular weight is 366 g/mol. The number of aryl methyl sites for hydroxylation is 1. The molecule has 1 amide bonds. The first-order valence-corrected chi connectivity index (χ1v) is 9.04. The van der Waals surface area contributed by atoms with Crippen LogP contribution in [0.2, 0.25) is 0 Å². The number of hydrogen-bond acceptors (Lipinski definition) is 5. The first kappa shape index (κ1) is 17.4. The van der Waals surface area contributed by atoms with Gasteiger partial charge in [0.05, 0.1) is 14.2 Å². The van der Waals surface area contributed by atoms with Crippen LogP contribution in [0.4, 0.5) is 0 Å². The molecule has 1 aliphatic heterocycles. The summed E-state index contributed by atoms with van der Waals surface area (Å²) >= 11 is 0. The molecule has 0 saturated heterocycles. The summed E-state index contributed by atoms with van der Waals surface area (Å²) < 4.78 is 16.5. The summed E-state index contributed by atoms with van der Waals surface area (Å²) in [7, 11) is 3.26. The molecule has 0 saturated carbocycles. The molecule has 0 spiro atoms. The van der Waals surface area contributed by atoms with Crippen molar-refractivity contribution in [3.63, 3.8) is 0 Å². The Morgan fingerprint density at radius 1 is 1.15 bits per heavy atom. The standard InChI is InChI=1S/C21H22N2O4/c1-25-18-11-14-9-10-23(13-15(14)12-19(18)26-2)21(24)8-7-20-22-16-5-3-4-6-17(16)27-20/h3-6,11-12H,7-10,13H2,1-2H3. The number of para-hydroxylation sites is 2. The Labute approximate surface area is 157 Å². The summed E-state index contributed by atoms with van der Waals surface area (Å²) in [6, 6.07) is 11.6. The number of aromatic nitrogens is 1. The van der Waals surface area contributed by atoms with Gasteiger partial charge >= 0.3 is 0 Å². The monoisotopic (exact) mass is 366 g/mol. The van der Waals surface area contributed by atoms with E-state index in [9.17, 15) is 4.79 Å². The summed E-state index contributed by atoms with van der Waals surface area (Å²) in [5.74, 6) is 2.13. The molecule has 2 aromatic carbocycles. The summed E-state index contributed by atoms with van der Waals surface area (Å²) in [5, 5.41) is 0. The van der Waals surface area contributed by atoms with Gasteiger partial charge in [0.1, 0.15) is 5.52 Å². The number of hydrogen-bond donors (Lipinski definition) is 0. The zero-order valence-electron chi connectivity index (χ0n) is 15.5. The Balaban J connectivity index is 1.43. The van der Waals surface area contributed by atoms with E-state index in [-0.39, 0.29) is 5.91 Å². The third kappa shape index (κ3) is 3.47. The molecule has 0 radical (unpaired) electrons. The molecule has 1 aromatic heterocycles. The van der Waals surface area contributed by atoms with Crippen LogP contribution in [0.3, 0.4) is 0 Å². The molecule has 140 valence electrons. The van der Waals surface area contributed by atoms with Crippen molar-refractivity contribution < 1.29 is 18.7 Å². The van der Waals surface area contributed by atoms with Gasteiger partial charge in [0.15, 0.2) is 23.0 Å². The number of rotatable bonds is 5. The first-order valence-electron chi connectivity index (χ1n) is 9.04. The van der Waals surface area contributed by atoms with Gasteiger partial charge in [-0.2, -0.15) is 0 Å². The van der Waals surface area contributed by atoms with Crippen LogP contribution < -0.4 is 9.47 Å². The predicted octanol–water partition coefficient (Wildman–Crippen LogP) is 3.36. The molecular formula is C21H22N2O4. The van der Waals surface area contributed by atoms with Crippen molar-refractivity contribution in [3.05, 3.63) is 53.4 Å². The van der Waals surface area contributed by atoms with Crippen molar-refractivity contribution in [2.45, 2.75) is 25.8 Å². The number of carbonyl (C=O) groups is 1.